The minimum absolute atomic E-state index is 0.0650. The molecule has 0 aliphatic carbocycles. The van der Waals surface area contributed by atoms with Gasteiger partial charge in [-0.2, -0.15) is 8.78 Å². The maximum atomic E-state index is 13.9. The molecule has 1 aromatic carbocycles. The van der Waals surface area contributed by atoms with E-state index in [9.17, 15) is 17.6 Å². The van der Waals surface area contributed by atoms with Gasteiger partial charge in [0.1, 0.15) is 0 Å². The molecule has 0 amide bonds. The first-order chi connectivity index (χ1) is 14.5. The molecule has 30 heavy (non-hydrogen) atoms. The molecule has 9 heteroatoms. The molecule has 0 N–H and O–H groups in total. The number of hydrogen-bond acceptors (Lipinski definition) is 5. The van der Waals surface area contributed by atoms with Crippen LogP contribution in [0.4, 0.5) is 17.6 Å². The van der Waals surface area contributed by atoms with E-state index in [-0.39, 0.29) is 23.7 Å². The van der Waals surface area contributed by atoms with Gasteiger partial charge in [-0.05, 0) is 31.4 Å². The van der Waals surface area contributed by atoms with E-state index in [1.807, 2.05) is 0 Å². The molecule has 0 unspecified atom stereocenters. The van der Waals surface area contributed by atoms with E-state index in [0.29, 0.717) is 32.8 Å². The molecule has 2 saturated heterocycles. The van der Waals surface area contributed by atoms with Crippen LogP contribution in [0.15, 0.2) is 24.3 Å². The first-order valence-electron chi connectivity index (χ1n) is 10.0. The summed E-state index contributed by atoms with van der Waals surface area (Å²) in [6, 6.07) is 1.75. The summed E-state index contributed by atoms with van der Waals surface area (Å²) in [4.78, 5) is 0. The highest BCUT2D eigenvalue weighted by atomic mass is 19.3. The number of hydrogen-bond donors (Lipinski definition) is 0. The van der Waals surface area contributed by atoms with Gasteiger partial charge in [-0.15, -0.1) is 0 Å². The van der Waals surface area contributed by atoms with Gasteiger partial charge >= 0.3 is 6.61 Å². The fraction of sp³-hybridized carbons (Fsp3) is 0.619. The van der Waals surface area contributed by atoms with Crippen LogP contribution in [0.3, 0.4) is 0 Å². The molecule has 0 spiro atoms. The lowest BCUT2D eigenvalue weighted by Gasteiger charge is -2.32. The van der Waals surface area contributed by atoms with Crippen molar-refractivity contribution in [1.82, 2.24) is 0 Å². The summed E-state index contributed by atoms with van der Waals surface area (Å²) >= 11 is 0. The Hall–Kier alpha value is -1.68. The maximum Gasteiger partial charge on any atom is 0.387 e. The highest BCUT2D eigenvalue weighted by Crippen LogP contribution is 2.32. The fourth-order valence-corrected chi connectivity index (χ4v) is 3.36. The van der Waals surface area contributed by atoms with E-state index in [4.69, 9.17) is 18.9 Å². The highest BCUT2D eigenvalue weighted by molar-refractivity contribution is 5.32. The topological polar surface area (TPSA) is 46.2 Å². The Morgan fingerprint density at radius 3 is 2.20 bits per heavy atom. The smallest absolute Gasteiger partial charge is 0.387 e. The van der Waals surface area contributed by atoms with Crippen molar-refractivity contribution in [3.63, 3.8) is 0 Å². The van der Waals surface area contributed by atoms with Crippen LogP contribution >= 0.6 is 0 Å². The van der Waals surface area contributed by atoms with E-state index < -0.39 is 30.3 Å². The Morgan fingerprint density at radius 1 is 1.00 bits per heavy atom. The standard InChI is InChI=1S/C21H26F4O5/c1-2-3-4-13-9-26-18(27-10-13)6-5-14-11-28-20(29-12-14)15-7-16(22)19(17(23)8-15)30-21(24)25/h3-4,7-8,13-14,18,20-21H,2,5-6,9-12H2,1H3/t13-,14-,18-,20-. The van der Waals surface area contributed by atoms with Gasteiger partial charge in [0.15, 0.2) is 30.0 Å². The molecule has 0 saturated carbocycles. The lowest BCUT2D eigenvalue weighted by molar-refractivity contribution is -0.217. The number of rotatable bonds is 8. The zero-order chi connectivity index (χ0) is 21.5. The SMILES string of the molecule is CCC=C[C@H]1CO[C@H](CC[C@H]2CO[C@H](c3cc(F)c(OC(F)F)c(F)c3)OC2)OC1. The van der Waals surface area contributed by atoms with Crippen molar-refractivity contribution < 1.29 is 41.2 Å². The molecule has 0 bridgehead atoms. The van der Waals surface area contributed by atoms with Gasteiger partial charge in [-0.25, -0.2) is 8.78 Å². The Morgan fingerprint density at radius 2 is 1.63 bits per heavy atom. The Balaban J connectivity index is 1.43. The molecule has 2 heterocycles. The second-order valence-corrected chi connectivity index (χ2v) is 7.33. The molecular weight excluding hydrogens is 408 g/mol. The number of ether oxygens (including phenoxy) is 5. The summed E-state index contributed by atoms with van der Waals surface area (Å²) in [5.41, 5.74) is 0.0650. The minimum Gasteiger partial charge on any atom is -0.429 e. The number of benzene rings is 1. The maximum absolute atomic E-state index is 13.9. The van der Waals surface area contributed by atoms with Gasteiger partial charge in [-0.3, -0.25) is 0 Å². The lowest BCUT2D eigenvalue weighted by Crippen LogP contribution is -2.33. The number of allylic oxidation sites excluding steroid dienone is 1. The molecule has 0 atom stereocenters. The monoisotopic (exact) mass is 434 g/mol. The highest BCUT2D eigenvalue weighted by Gasteiger charge is 2.28. The van der Waals surface area contributed by atoms with Crippen LogP contribution in [0.25, 0.3) is 0 Å². The van der Waals surface area contributed by atoms with Crippen LogP contribution in [-0.4, -0.2) is 39.3 Å². The van der Waals surface area contributed by atoms with E-state index in [2.05, 4.69) is 23.8 Å². The molecule has 2 aliphatic rings. The van der Waals surface area contributed by atoms with Crippen molar-refractivity contribution in [3.8, 4) is 5.75 Å². The van der Waals surface area contributed by atoms with E-state index >= 15 is 0 Å². The van der Waals surface area contributed by atoms with Gasteiger partial charge in [0.05, 0.1) is 26.4 Å². The predicted octanol–water partition coefficient (Wildman–Crippen LogP) is 4.96. The molecule has 0 aromatic heterocycles. The third kappa shape index (κ3) is 6.41. The summed E-state index contributed by atoms with van der Waals surface area (Å²) in [6.45, 7) is 0.674. The van der Waals surface area contributed by atoms with Crippen LogP contribution in [0.5, 0.6) is 5.75 Å². The molecule has 2 fully saturated rings. The van der Waals surface area contributed by atoms with Crippen molar-refractivity contribution in [2.45, 2.75) is 45.4 Å². The Bertz CT molecular complexity index is 676. The van der Waals surface area contributed by atoms with E-state index in [1.165, 1.54) is 0 Å². The van der Waals surface area contributed by atoms with Crippen LogP contribution < -0.4 is 4.74 Å². The zero-order valence-corrected chi connectivity index (χ0v) is 16.7. The predicted molar refractivity (Wildman–Crippen MR) is 99.0 cm³/mol. The van der Waals surface area contributed by atoms with Crippen LogP contribution in [-0.2, 0) is 18.9 Å². The normalized spacial score (nSPS) is 27.7. The van der Waals surface area contributed by atoms with Crippen LogP contribution in [0.1, 0.15) is 38.0 Å². The molecule has 1 aromatic rings. The number of halogens is 4. The van der Waals surface area contributed by atoms with Crippen LogP contribution in [0, 0.1) is 23.5 Å². The minimum atomic E-state index is -3.32. The van der Waals surface area contributed by atoms with E-state index in [1.54, 1.807) is 0 Å². The second-order valence-electron chi connectivity index (χ2n) is 7.33. The second kappa shape index (κ2) is 11.1. The van der Waals surface area contributed by atoms with Crippen molar-refractivity contribution in [3.05, 3.63) is 41.5 Å². The Kier molecular flexibility index (Phi) is 8.50. The third-order valence-electron chi connectivity index (χ3n) is 4.91. The third-order valence-corrected chi connectivity index (χ3v) is 4.91. The first-order valence-corrected chi connectivity index (χ1v) is 10.0. The van der Waals surface area contributed by atoms with Crippen molar-refractivity contribution in [1.29, 1.82) is 0 Å². The molecular formula is C21H26F4O5. The lowest BCUT2D eigenvalue weighted by atomic mass is 10.0. The van der Waals surface area contributed by atoms with Gasteiger partial charge < -0.3 is 23.7 Å². The molecule has 0 radical (unpaired) electrons. The summed E-state index contributed by atoms with van der Waals surface area (Å²) in [6.07, 6.45) is 5.39. The fourth-order valence-electron chi connectivity index (χ4n) is 3.36. The Labute approximate surface area is 172 Å². The van der Waals surface area contributed by atoms with Gasteiger partial charge in [0, 0.05) is 17.4 Å². The van der Waals surface area contributed by atoms with Crippen molar-refractivity contribution in [2.24, 2.45) is 11.8 Å². The van der Waals surface area contributed by atoms with Crippen molar-refractivity contribution >= 4 is 0 Å². The molecule has 2 aliphatic heterocycles. The zero-order valence-electron chi connectivity index (χ0n) is 16.7. The average Bonchev–Trinajstić information content (AvgIpc) is 2.74. The van der Waals surface area contributed by atoms with Crippen LogP contribution in [0.2, 0.25) is 0 Å². The summed E-state index contributed by atoms with van der Waals surface area (Å²) in [5, 5.41) is 0. The molecule has 168 valence electrons. The summed E-state index contributed by atoms with van der Waals surface area (Å²) in [5.74, 6) is -3.23. The van der Waals surface area contributed by atoms with E-state index in [0.717, 1.165) is 25.0 Å². The molecule has 5 nitrogen and oxygen atoms in total. The number of alkyl halides is 2. The van der Waals surface area contributed by atoms with Gasteiger partial charge in [0.25, 0.3) is 0 Å². The first kappa shape index (κ1) is 23.0. The summed E-state index contributed by atoms with van der Waals surface area (Å²) in [7, 11) is 0. The quantitative estimate of drug-likeness (QED) is 0.427. The average molecular weight is 434 g/mol. The van der Waals surface area contributed by atoms with Gasteiger partial charge in [-0.1, -0.05) is 19.1 Å². The largest absolute Gasteiger partial charge is 0.429 e. The molecule has 3 rings (SSSR count). The summed E-state index contributed by atoms with van der Waals surface area (Å²) < 4.78 is 78.7. The van der Waals surface area contributed by atoms with Gasteiger partial charge in [0.2, 0.25) is 0 Å². The van der Waals surface area contributed by atoms with Crippen molar-refractivity contribution in [2.75, 3.05) is 26.4 Å².